The summed E-state index contributed by atoms with van der Waals surface area (Å²) in [6.07, 6.45) is 0.944. The van der Waals surface area contributed by atoms with Crippen LogP contribution in [0.2, 0.25) is 0 Å². The first-order chi connectivity index (χ1) is 15.1. The summed E-state index contributed by atoms with van der Waals surface area (Å²) < 4.78 is 1.01. The van der Waals surface area contributed by atoms with E-state index in [1.54, 1.807) is 11.3 Å². The Hall–Kier alpha value is -2.88. The molecule has 3 heteroatoms. The van der Waals surface area contributed by atoms with E-state index in [1.165, 1.54) is 20.9 Å². The quantitative estimate of drug-likeness (QED) is 0.266. The number of fused-ring (bicyclic) bond motifs is 3. The highest BCUT2D eigenvalue weighted by atomic mass is 32.2. The summed E-state index contributed by atoms with van der Waals surface area (Å²) in [6.45, 7) is 4.01. The van der Waals surface area contributed by atoms with Gasteiger partial charge in [0.05, 0.1) is 0 Å². The summed E-state index contributed by atoms with van der Waals surface area (Å²) in [5.74, 6) is 0. The molecule has 0 aliphatic carbocycles. The molecule has 1 aliphatic heterocycles. The zero-order chi connectivity index (χ0) is 21.4. The van der Waals surface area contributed by atoms with Crippen LogP contribution >= 0.6 is 23.1 Å². The molecule has 31 heavy (non-hydrogen) atoms. The van der Waals surface area contributed by atoms with Gasteiger partial charge >= 0.3 is 0 Å². The van der Waals surface area contributed by atoms with Gasteiger partial charge in [-0.15, -0.1) is 11.3 Å². The highest BCUT2D eigenvalue weighted by Crippen LogP contribution is 2.40. The zero-order valence-electron chi connectivity index (χ0n) is 17.5. The summed E-state index contributed by atoms with van der Waals surface area (Å²) in [5, 5.41) is 0.772. The summed E-state index contributed by atoms with van der Waals surface area (Å²) in [6, 6.07) is 29.5. The summed E-state index contributed by atoms with van der Waals surface area (Å²) in [5.41, 5.74) is 5.78. The minimum Gasteiger partial charge on any atom is -0.289 e. The van der Waals surface area contributed by atoms with Crippen molar-refractivity contribution in [2.24, 2.45) is 0 Å². The van der Waals surface area contributed by atoms with Crippen molar-refractivity contribution in [1.29, 1.82) is 0 Å². The van der Waals surface area contributed by atoms with Crippen LogP contribution in [0.1, 0.15) is 21.6 Å². The molecule has 4 aromatic rings. The van der Waals surface area contributed by atoms with Gasteiger partial charge < -0.3 is 0 Å². The van der Waals surface area contributed by atoms with Gasteiger partial charge in [0.1, 0.15) is 0 Å². The van der Waals surface area contributed by atoms with Gasteiger partial charge in [-0.1, -0.05) is 54.2 Å². The first-order valence-corrected chi connectivity index (χ1v) is 12.0. The smallest absolute Gasteiger partial charge is 0.190 e. The topological polar surface area (TPSA) is 17.1 Å². The van der Waals surface area contributed by atoms with Crippen molar-refractivity contribution in [3.8, 4) is 11.1 Å². The highest BCUT2D eigenvalue weighted by molar-refractivity contribution is 7.99. The molecule has 1 aliphatic rings. The molecule has 0 N–H and O–H groups in total. The van der Waals surface area contributed by atoms with Crippen LogP contribution in [0.15, 0.2) is 99.5 Å². The summed E-state index contributed by atoms with van der Waals surface area (Å²) in [4.78, 5) is 17.0. The maximum absolute atomic E-state index is 13.2. The Balaban J connectivity index is 1.68. The van der Waals surface area contributed by atoms with E-state index in [0.717, 1.165) is 38.1 Å². The Morgan fingerprint density at radius 2 is 1.42 bits per heavy atom. The van der Waals surface area contributed by atoms with Gasteiger partial charge in [-0.2, -0.15) is 0 Å². The maximum Gasteiger partial charge on any atom is 0.190 e. The Kier molecular flexibility index (Phi) is 5.39. The van der Waals surface area contributed by atoms with Crippen molar-refractivity contribution in [3.63, 3.8) is 0 Å². The van der Waals surface area contributed by atoms with E-state index in [-0.39, 0.29) is 5.43 Å². The van der Waals surface area contributed by atoms with Gasteiger partial charge in [0.15, 0.2) is 5.43 Å². The predicted molar refractivity (Wildman–Crippen MR) is 134 cm³/mol. The first-order valence-electron chi connectivity index (χ1n) is 10.4. The third-order valence-electron chi connectivity index (χ3n) is 5.60. The van der Waals surface area contributed by atoms with Gasteiger partial charge in [0.25, 0.3) is 0 Å². The lowest BCUT2D eigenvalue weighted by atomic mass is 9.98. The van der Waals surface area contributed by atoms with Gasteiger partial charge in [0.2, 0.25) is 0 Å². The highest BCUT2D eigenvalue weighted by Gasteiger charge is 2.16. The number of aryl methyl sites for hydroxylation is 2. The van der Waals surface area contributed by atoms with Crippen molar-refractivity contribution in [1.82, 2.24) is 0 Å². The van der Waals surface area contributed by atoms with E-state index in [2.05, 4.69) is 61.5 Å². The van der Waals surface area contributed by atoms with Crippen molar-refractivity contribution < 1.29 is 0 Å². The van der Waals surface area contributed by atoms with E-state index >= 15 is 0 Å². The van der Waals surface area contributed by atoms with Crippen LogP contribution in [0.5, 0.6) is 0 Å². The Labute approximate surface area is 190 Å². The second-order valence-corrected chi connectivity index (χ2v) is 10.2. The molecule has 3 aromatic carbocycles. The number of hydrogen-bond acceptors (Lipinski definition) is 3. The Morgan fingerprint density at radius 3 is 2.32 bits per heavy atom. The van der Waals surface area contributed by atoms with Crippen LogP contribution in [-0.2, 0) is 6.42 Å². The van der Waals surface area contributed by atoms with Crippen molar-refractivity contribution >= 4 is 33.2 Å². The van der Waals surface area contributed by atoms with Crippen LogP contribution in [-0.4, -0.2) is 0 Å². The fourth-order valence-electron chi connectivity index (χ4n) is 3.97. The average Bonchev–Trinajstić information content (AvgIpc) is 2.79. The van der Waals surface area contributed by atoms with Gasteiger partial charge in [-0.3, -0.25) is 4.79 Å². The predicted octanol–water partition coefficient (Wildman–Crippen LogP) is 7.73. The van der Waals surface area contributed by atoms with Crippen molar-refractivity contribution in [2.75, 3.05) is 0 Å². The molecule has 0 spiro atoms. The van der Waals surface area contributed by atoms with Crippen molar-refractivity contribution in [3.05, 3.63) is 117 Å². The van der Waals surface area contributed by atoms with Crippen LogP contribution in [0.3, 0.4) is 0 Å². The van der Waals surface area contributed by atoms with E-state index in [1.807, 2.05) is 49.0 Å². The lowest BCUT2D eigenvalue weighted by molar-refractivity contribution is 1.06. The number of hydrogen-bond donors (Lipinski definition) is 0. The van der Waals surface area contributed by atoms with E-state index in [0.29, 0.717) is 0 Å². The molecule has 0 amide bonds. The molecular formula is C28H22OS2. The van der Waals surface area contributed by atoms with Crippen LogP contribution in [0, 0.1) is 13.8 Å². The second-order valence-electron chi connectivity index (χ2n) is 7.86. The normalized spacial score (nSPS) is 12.1. The fraction of sp³-hybridized carbons (Fsp3) is 0.107. The molecule has 1 nitrogen and oxygen atoms in total. The third kappa shape index (κ3) is 4.04. The van der Waals surface area contributed by atoms with E-state index in [4.69, 9.17) is 0 Å². The second kappa shape index (κ2) is 8.33. The molecule has 0 radical (unpaired) electrons. The largest absolute Gasteiger partial charge is 0.289 e. The molecule has 152 valence electrons. The standard InChI is InChI=1S/C28H22OS2/c1-18-15-20(12-11-19(2)30-27-10-6-4-8-24(27)28(18)29)21-13-14-26-23(16-21)17-22-7-3-5-9-25(22)31-26/h3-16H,17H2,1-2H3. The lowest BCUT2D eigenvalue weighted by Gasteiger charge is -2.19. The van der Waals surface area contributed by atoms with Gasteiger partial charge in [-0.25, -0.2) is 0 Å². The number of rotatable bonds is 1. The molecule has 0 fully saturated rings. The molecular weight excluding hydrogens is 416 g/mol. The number of benzene rings is 3. The molecule has 0 saturated carbocycles. The van der Waals surface area contributed by atoms with Crippen LogP contribution in [0.25, 0.3) is 21.2 Å². The average molecular weight is 439 g/mol. The SMILES string of the molecule is Cc1ccc(-c2ccc3c(c2)Cc2ccccc2S3)cc(C)c(=O)c2ccccc2s1. The summed E-state index contributed by atoms with van der Waals surface area (Å²) in [7, 11) is 0. The van der Waals surface area contributed by atoms with Crippen LogP contribution < -0.4 is 5.43 Å². The minimum atomic E-state index is 0.0890. The fourth-order valence-corrected chi connectivity index (χ4v) is 5.92. The summed E-state index contributed by atoms with van der Waals surface area (Å²) >= 11 is 3.49. The lowest BCUT2D eigenvalue weighted by Crippen LogP contribution is -2.02. The maximum atomic E-state index is 13.2. The van der Waals surface area contributed by atoms with Gasteiger partial charge in [-0.05, 0) is 90.6 Å². The Morgan fingerprint density at radius 1 is 0.710 bits per heavy atom. The molecule has 0 unspecified atom stereocenters. The zero-order valence-corrected chi connectivity index (χ0v) is 19.1. The van der Waals surface area contributed by atoms with Crippen molar-refractivity contribution in [2.45, 2.75) is 30.1 Å². The van der Waals surface area contributed by atoms with Crippen LogP contribution in [0.4, 0.5) is 0 Å². The minimum absolute atomic E-state index is 0.0890. The Bertz CT molecular complexity index is 1430. The third-order valence-corrected chi connectivity index (χ3v) is 7.87. The molecule has 0 bridgehead atoms. The molecule has 2 heterocycles. The van der Waals surface area contributed by atoms with E-state index in [9.17, 15) is 4.79 Å². The first kappa shape index (κ1) is 20.0. The van der Waals surface area contributed by atoms with Gasteiger partial charge in [0, 0.05) is 24.8 Å². The molecule has 0 saturated heterocycles. The monoisotopic (exact) mass is 438 g/mol. The van der Waals surface area contributed by atoms with E-state index < -0.39 is 0 Å². The molecule has 5 rings (SSSR count). The molecule has 0 atom stereocenters. The molecule has 1 aromatic heterocycles.